The van der Waals surface area contributed by atoms with Crippen LogP contribution in [-0.4, -0.2) is 11.8 Å². The second-order valence-corrected chi connectivity index (χ2v) is 7.91. The molecule has 2 N–H and O–H groups in total. The first-order valence-electron chi connectivity index (χ1n) is 10.1. The van der Waals surface area contributed by atoms with Gasteiger partial charge in [-0.3, -0.25) is 9.59 Å². The summed E-state index contributed by atoms with van der Waals surface area (Å²) in [6, 6.07) is 22.0. The third-order valence-electron chi connectivity index (χ3n) is 5.40. The van der Waals surface area contributed by atoms with Crippen LogP contribution >= 0.6 is 11.6 Å². The Balaban J connectivity index is 1.49. The van der Waals surface area contributed by atoms with Crippen molar-refractivity contribution in [3.63, 3.8) is 0 Å². The number of halogens is 1. The highest BCUT2D eigenvalue weighted by molar-refractivity contribution is 6.33. The highest BCUT2D eigenvalue weighted by Gasteiger charge is 2.21. The summed E-state index contributed by atoms with van der Waals surface area (Å²) in [5.74, 6) is -0.457. The molecule has 3 aromatic rings. The van der Waals surface area contributed by atoms with Gasteiger partial charge in [0.05, 0.1) is 23.0 Å². The molecule has 152 valence electrons. The quantitative estimate of drug-likeness (QED) is 0.568. The van der Waals surface area contributed by atoms with Crippen molar-refractivity contribution in [2.75, 3.05) is 5.32 Å². The summed E-state index contributed by atoms with van der Waals surface area (Å²) >= 11 is 6.17. The van der Waals surface area contributed by atoms with E-state index in [-0.39, 0.29) is 18.2 Å². The van der Waals surface area contributed by atoms with Crippen molar-refractivity contribution in [3.8, 4) is 0 Å². The van der Waals surface area contributed by atoms with Crippen LogP contribution in [0.4, 0.5) is 5.69 Å². The lowest BCUT2D eigenvalue weighted by Gasteiger charge is -2.19. The second-order valence-electron chi connectivity index (χ2n) is 7.51. The molecule has 2 amide bonds. The SMILES string of the molecule is O=C(C[C@H](NC(=O)c1ccccc1Cl)c1ccccc1)Nc1ccc2c(c1)CCC2. The number of fused-ring (bicyclic) bond motifs is 1. The van der Waals surface area contributed by atoms with Crippen LogP contribution in [0.2, 0.25) is 5.02 Å². The topological polar surface area (TPSA) is 58.2 Å². The average molecular weight is 419 g/mol. The first kappa shape index (κ1) is 20.2. The molecule has 0 bridgehead atoms. The van der Waals surface area contributed by atoms with Gasteiger partial charge in [0, 0.05) is 5.69 Å². The number of hydrogen-bond donors (Lipinski definition) is 2. The molecule has 0 aliphatic heterocycles. The minimum Gasteiger partial charge on any atom is -0.345 e. The number of rotatable bonds is 6. The standard InChI is InChI=1S/C25H23ClN2O2/c26-22-12-5-4-11-21(22)25(30)28-23(18-7-2-1-3-8-18)16-24(29)27-20-14-13-17-9-6-10-19(17)15-20/h1-5,7-8,11-15,23H,6,9-10,16H2,(H,27,29)(H,28,30)/t23-/m0/s1. The van der Waals surface area contributed by atoms with Gasteiger partial charge in [0.15, 0.2) is 0 Å². The van der Waals surface area contributed by atoms with Crippen LogP contribution in [-0.2, 0) is 17.6 Å². The van der Waals surface area contributed by atoms with Gasteiger partial charge in [-0.05, 0) is 60.2 Å². The summed E-state index contributed by atoms with van der Waals surface area (Å²) in [6.07, 6.45) is 3.45. The summed E-state index contributed by atoms with van der Waals surface area (Å²) < 4.78 is 0. The predicted octanol–water partition coefficient (Wildman–Crippen LogP) is 5.33. The minimum atomic E-state index is -0.468. The smallest absolute Gasteiger partial charge is 0.253 e. The maximum absolute atomic E-state index is 12.8. The van der Waals surface area contributed by atoms with Crippen molar-refractivity contribution in [2.24, 2.45) is 0 Å². The average Bonchev–Trinajstić information content (AvgIpc) is 3.22. The van der Waals surface area contributed by atoms with E-state index in [1.54, 1.807) is 24.3 Å². The number of carbonyl (C=O) groups is 2. The molecule has 4 rings (SSSR count). The Hall–Kier alpha value is -3.11. The Morgan fingerprint density at radius 3 is 2.43 bits per heavy atom. The molecule has 0 aromatic heterocycles. The molecule has 1 aliphatic carbocycles. The van der Waals surface area contributed by atoms with Crippen molar-refractivity contribution < 1.29 is 9.59 Å². The zero-order valence-electron chi connectivity index (χ0n) is 16.5. The predicted molar refractivity (Wildman–Crippen MR) is 120 cm³/mol. The lowest BCUT2D eigenvalue weighted by Crippen LogP contribution is -2.31. The van der Waals surface area contributed by atoms with E-state index >= 15 is 0 Å². The van der Waals surface area contributed by atoms with Gasteiger partial charge in [0.25, 0.3) is 5.91 Å². The molecule has 3 aromatic carbocycles. The Morgan fingerprint density at radius 2 is 1.63 bits per heavy atom. The summed E-state index contributed by atoms with van der Waals surface area (Å²) in [5.41, 5.74) is 4.72. The lowest BCUT2D eigenvalue weighted by atomic mass is 10.0. The molecule has 0 heterocycles. The summed E-state index contributed by atoms with van der Waals surface area (Å²) in [6.45, 7) is 0. The maximum Gasteiger partial charge on any atom is 0.253 e. The minimum absolute atomic E-state index is 0.122. The zero-order chi connectivity index (χ0) is 20.9. The van der Waals surface area contributed by atoms with Crippen LogP contribution in [0.25, 0.3) is 0 Å². The van der Waals surface area contributed by atoms with E-state index in [1.165, 1.54) is 11.1 Å². The third-order valence-corrected chi connectivity index (χ3v) is 5.73. The normalized spacial score (nSPS) is 13.4. The molecular formula is C25H23ClN2O2. The summed E-state index contributed by atoms with van der Waals surface area (Å²) in [4.78, 5) is 25.6. The van der Waals surface area contributed by atoms with Gasteiger partial charge >= 0.3 is 0 Å². The molecular weight excluding hydrogens is 396 g/mol. The van der Waals surface area contributed by atoms with E-state index in [0.717, 1.165) is 30.5 Å². The number of hydrogen-bond acceptors (Lipinski definition) is 2. The molecule has 4 nitrogen and oxygen atoms in total. The summed E-state index contributed by atoms with van der Waals surface area (Å²) in [5, 5.41) is 6.32. The Labute approximate surface area is 181 Å². The van der Waals surface area contributed by atoms with Gasteiger partial charge in [0.2, 0.25) is 5.91 Å². The highest BCUT2D eigenvalue weighted by Crippen LogP contribution is 2.26. The van der Waals surface area contributed by atoms with Crippen molar-refractivity contribution in [3.05, 3.63) is 100 Å². The third kappa shape index (κ3) is 4.71. The molecule has 0 radical (unpaired) electrons. The number of benzene rings is 3. The van der Waals surface area contributed by atoms with Crippen LogP contribution < -0.4 is 10.6 Å². The number of anilines is 1. The Morgan fingerprint density at radius 1 is 0.900 bits per heavy atom. The molecule has 30 heavy (non-hydrogen) atoms. The van der Waals surface area contributed by atoms with E-state index in [9.17, 15) is 9.59 Å². The molecule has 5 heteroatoms. The highest BCUT2D eigenvalue weighted by atomic mass is 35.5. The first-order valence-corrected chi connectivity index (χ1v) is 10.5. The second kappa shape index (κ2) is 9.14. The van der Waals surface area contributed by atoms with Crippen LogP contribution in [0.15, 0.2) is 72.8 Å². The maximum atomic E-state index is 12.8. The van der Waals surface area contributed by atoms with Crippen molar-refractivity contribution >= 4 is 29.1 Å². The monoisotopic (exact) mass is 418 g/mol. The molecule has 1 atom stereocenters. The Bertz CT molecular complexity index is 1070. The number of amides is 2. The first-order chi connectivity index (χ1) is 14.6. The molecule has 0 spiro atoms. The Kier molecular flexibility index (Phi) is 6.15. The van der Waals surface area contributed by atoms with Crippen molar-refractivity contribution in [1.29, 1.82) is 0 Å². The largest absolute Gasteiger partial charge is 0.345 e. The van der Waals surface area contributed by atoms with Crippen molar-refractivity contribution in [1.82, 2.24) is 5.32 Å². The van der Waals surface area contributed by atoms with Crippen LogP contribution in [0.1, 0.15) is 45.9 Å². The molecule has 0 saturated heterocycles. The fourth-order valence-electron chi connectivity index (χ4n) is 3.87. The van der Waals surface area contributed by atoms with E-state index in [4.69, 9.17) is 11.6 Å². The van der Waals surface area contributed by atoms with Gasteiger partial charge in [-0.1, -0.05) is 60.1 Å². The van der Waals surface area contributed by atoms with Gasteiger partial charge in [-0.15, -0.1) is 0 Å². The van der Waals surface area contributed by atoms with Crippen LogP contribution in [0.3, 0.4) is 0 Å². The van der Waals surface area contributed by atoms with Gasteiger partial charge in [-0.2, -0.15) is 0 Å². The van der Waals surface area contributed by atoms with E-state index < -0.39 is 6.04 Å². The number of carbonyl (C=O) groups excluding carboxylic acids is 2. The van der Waals surface area contributed by atoms with Crippen LogP contribution in [0.5, 0.6) is 0 Å². The van der Waals surface area contributed by atoms with E-state index in [2.05, 4.69) is 22.8 Å². The zero-order valence-corrected chi connectivity index (χ0v) is 17.3. The molecule has 1 aliphatic rings. The molecule has 0 unspecified atom stereocenters. The lowest BCUT2D eigenvalue weighted by molar-refractivity contribution is -0.116. The van der Waals surface area contributed by atoms with Crippen LogP contribution in [0, 0.1) is 0 Å². The van der Waals surface area contributed by atoms with Gasteiger partial charge in [-0.25, -0.2) is 0 Å². The van der Waals surface area contributed by atoms with Gasteiger partial charge in [0.1, 0.15) is 0 Å². The molecule has 0 fully saturated rings. The van der Waals surface area contributed by atoms with E-state index in [0.29, 0.717) is 10.6 Å². The van der Waals surface area contributed by atoms with Gasteiger partial charge < -0.3 is 10.6 Å². The fourth-order valence-corrected chi connectivity index (χ4v) is 4.09. The van der Waals surface area contributed by atoms with Crippen molar-refractivity contribution in [2.45, 2.75) is 31.7 Å². The number of nitrogens with one attached hydrogen (secondary N) is 2. The fraction of sp³-hybridized carbons (Fsp3) is 0.200. The number of aryl methyl sites for hydroxylation is 2. The van der Waals surface area contributed by atoms with E-state index in [1.807, 2.05) is 36.4 Å². The summed E-state index contributed by atoms with van der Waals surface area (Å²) in [7, 11) is 0. The molecule has 0 saturated carbocycles.